The molecule has 1 aromatic heterocycles. The summed E-state index contributed by atoms with van der Waals surface area (Å²) in [6.07, 6.45) is 1.62. The van der Waals surface area contributed by atoms with Crippen LogP contribution in [-0.4, -0.2) is 38.1 Å². The number of pyridine rings is 1. The molecule has 0 aliphatic heterocycles. The Morgan fingerprint density at radius 3 is 2.52 bits per heavy atom. The molecule has 0 aliphatic carbocycles. The van der Waals surface area contributed by atoms with Gasteiger partial charge in [-0.2, -0.15) is 0 Å². The Kier molecular flexibility index (Phi) is 8.54. The zero-order valence-electron chi connectivity index (χ0n) is 22.4. The summed E-state index contributed by atoms with van der Waals surface area (Å²) in [5.41, 5.74) is 8.09. The maximum atomic E-state index is 13.7. The summed E-state index contributed by atoms with van der Waals surface area (Å²) < 4.78 is 30.9. The van der Waals surface area contributed by atoms with Crippen LogP contribution in [0.4, 0.5) is 17.2 Å². The van der Waals surface area contributed by atoms with E-state index >= 15 is 0 Å². The number of aromatic nitrogens is 1. The monoisotopic (exact) mass is 561 g/mol. The highest BCUT2D eigenvalue weighted by molar-refractivity contribution is 7.91. The first-order chi connectivity index (χ1) is 19.1. The number of nitrogen functional groups attached to an aromatic ring is 1. The molecule has 5 N–H and O–H groups in total. The number of nitrogens with two attached hydrogens (primary N) is 1. The number of nitrogens with zero attached hydrogens (tertiary/aromatic N) is 1. The molecular formula is C29H31N5O5S. The number of carbonyl (C=O) groups excluding carboxylic acids is 2. The Morgan fingerprint density at radius 1 is 1.02 bits per heavy atom. The van der Waals surface area contributed by atoms with Crippen molar-refractivity contribution < 1.29 is 22.7 Å². The summed E-state index contributed by atoms with van der Waals surface area (Å²) in [4.78, 5) is 29.4. The maximum Gasteiger partial charge on any atom is 0.247 e. The first kappa shape index (κ1) is 28.4. The summed E-state index contributed by atoms with van der Waals surface area (Å²) in [5, 5.41) is 10.5. The summed E-state index contributed by atoms with van der Waals surface area (Å²) in [6.45, 7) is 2.83. The van der Waals surface area contributed by atoms with E-state index in [9.17, 15) is 18.0 Å². The lowest BCUT2D eigenvalue weighted by Gasteiger charge is -2.21. The van der Waals surface area contributed by atoms with E-state index in [-0.39, 0.29) is 23.1 Å². The van der Waals surface area contributed by atoms with Gasteiger partial charge in [-0.15, -0.1) is 0 Å². The lowest BCUT2D eigenvalue weighted by atomic mass is 10.0. The molecular weight excluding hydrogens is 530 g/mol. The van der Waals surface area contributed by atoms with Crippen LogP contribution in [0.25, 0.3) is 10.8 Å². The Morgan fingerprint density at radius 2 is 1.80 bits per heavy atom. The Labute approximate surface area is 232 Å². The van der Waals surface area contributed by atoms with E-state index in [0.29, 0.717) is 34.1 Å². The molecule has 40 heavy (non-hydrogen) atoms. The zero-order valence-corrected chi connectivity index (χ0v) is 23.2. The average molecular weight is 562 g/mol. The number of rotatable bonds is 10. The van der Waals surface area contributed by atoms with Crippen molar-refractivity contribution in [2.24, 2.45) is 0 Å². The fourth-order valence-electron chi connectivity index (χ4n) is 4.32. The van der Waals surface area contributed by atoms with Crippen molar-refractivity contribution in [1.29, 1.82) is 0 Å². The Hall–Kier alpha value is -4.64. The summed E-state index contributed by atoms with van der Waals surface area (Å²) in [6, 6.07) is 18.1. The van der Waals surface area contributed by atoms with E-state index in [2.05, 4.69) is 20.9 Å². The number of ether oxygens (including phenoxy) is 1. The summed E-state index contributed by atoms with van der Waals surface area (Å²) in [5.74, 6) is 0.187. The predicted octanol–water partition coefficient (Wildman–Crippen LogP) is 4.05. The van der Waals surface area contributed by atoms with Gasteiger partial charge >= 0.3 is 0 Å². The lowest BCUT2D eigenvalue weighted by Crippen LogP contribution is -2.33. The van der Waals surface area contributed by atoms with E-state index in [1.165, 1.54) is 19.1 Å². The molecule has 10 nitrogen and oxygen atoms in total. The number of anilines is 3. The molecule has 2 amide bonds. The van der Waals surface area contributed by atoms with Gasteiger partial charge in [0, 0.05) is 36.4 Å². The van der Waals surface area contributed by atoms with E-state index in [4.69, 9.17) is 10.5 Å². The van der Waals surface area contributed by atoms with Crippen LogP contribution in [0.2, 0.25) is 0 Å². The molecule has 4 rings (SSSR count). The van der Waals surface area contributed by atoms with Crippen molar-refractivity contribution >= 4 is 49.6 Å². The highest BCUT2D eigenvalue weighted by atomic mass is 32.2. The van der Waals surface area contributed by atoms with Crippen molar-refractivity contribution in [1.82, 2.24) is 10.3 Å². The van der Waals surface area contributed by atoms with Gasteiger partial charge in [0.1, 0.15) is 17.6 Å². The number of benzene rings is 3. The summed E-state index contributed by atoms with van der Waals surface area (Å²) >= 11 is 0. The van der Waals surface area contributed by atoms with Crippen molar-refractivity contribution in [3.05, 3.63) is 84.1 Å². The first-order valence-corrected chi connectivity index (χ1v) is 14.2. The van der Waals surface area contributed by atoms with Crippen molar-refractivity contribution in [2.75, 3.05) is 29.2 Å². The molecule has 0 saturated heterocycles. The molecule has 0 radical (unpaired) electrons. The van der Waals surface area contributed by atoms with Gasteiger partial charge in [-0.1, -0.05) is 19.1 Å². The third-order valence-corrected chi connectivity index (χ3v) is 8.17. The number of hydrogen-bond donors (Lipinski definition) is 4. The third kappa shape index (κ3) is 6.49. The molecule has 11 heteroatoms. The standard InChI is InChI=1S/C29H31N5O5S/c1-4-40(37,38)26-11-9-22(33-18(2)35)15-21(26)17-32-29(36)27(20-6-5-7-24(16-20)39-3)34-23-8-10-25-19(14-23)12-13-31-28(25)30/h5-16,27,34H,4,17H2,1-3H3,(H2,30,31)(H,32,36)(H,33,35). The van der Waals surface area contributed by atoms with Gasteiger partial charge in [-0.05, 0) is 71.1 Å². The van der Waals surface area contributed by atoms with Crippen molar-refractivity contribution in [3.8, 4) is 5.75 Å². The summed E-state index contributed by atoms with van der Waals surface area (Å²) in [7, 11) is -2.04. The molecule has 0 fully saturated rings. The van der Waals surface area contributed by atoms with Crippen molar-refractivity contribution in [3.63, 3.8) is 0 Å². The van der Waals surface area contributed by atoms with Crippen LogP contribution in [0.1, 0.15) is 31.0 Å². The molecule has 208 valence electrons. The Bertz CT molecular complexity index is 1670. The molecule has 4 aromatic rings. The zero-order chi connectivity index (χ0) is 28.9. The second kappa shape index (κ2) is 12.0. The number of methoxy groups -OCH3 is 1. The topological polar surface area (TPSA) is 153 Å². The number of amides is 2. The fourth-order valence-corrected chi connectivity index (χ4v) is 5.44. The normalized spacial score (nSPS) is 12.0. The molecule has 0 spiro atoms. The van der Waals surface area contributed by atoms with Crippen LogP contribution >= 0.6 is 0 Å². The van der Waals surface area contributed by atoms with Gasteiger partial charge < -0.3 is 26.4 Å². The largest absolute Gasteiger partial charge is 0.497 e. The second-order valence-electron chi connectivity index (χ2n) is 9.11. The predicted molar refractivity (Wildman–Crippen MR) is 156 cm³/mol. The smallest absolute Gasteiger partial charge is 0.247 e. The minimum absolute atomic E-state index is 0.0805. The van der Waals surface area contributed by atoms with Crippen LogP contribution in [0.3, 0.4) is 0 Å². The second-order valence-corrected chi connectivity index (χ2v) is 11.4. The number of carbonyl (C=O) groups is 2. The van der Waals surface area contributed by atoms with E-state index < -0.39 is 21.8 Å². The number of sulfone groups is 1. The quantitative estimate of drug-likeness (QED) is 0.226. The maximum absolute atomic E-state index is 13.7. The van der Waals surface area contributed by atoms with Crippen LogP contribution in [-0.2, 0) is 26.0 Å². The minimum Gasteiger partial charge on any atom is -0.497 e. The lowest BCUT2D eigenvalue weighted by molar-refractivity contribution is -0.122. The number of fused-ring (bicyclic) bond motifs is 1. The van der Waals surface area contributed by atoms with Gasteiger partial charge in [0.05, 0.1) is 17.8 Å². The highest BCUT2D eigenvalue weighted by Gasteiger charge is 2.23. The van der Waals surface area contributed by atoms with Gasteiger partial charge in [0.15, 0.2) is 9.84 Å². The van der Waals surface area contributed by atoms with E-state index in [1.807, 2.05) is 24.3 Å². The van der Waals surface area contributed by atoms with Crippen LogP contribution in [0.15, 0.2) is 77.8 Å². The van der Waals surface area contributed by atoms with E-state index in [0.717, 1.165) is 10.8 Å². The first-order valence-electron chi connectivity index (χ1n) is 12.6. The third-order valence-electron chi connectivity index (χ3n) is 6.34. The number of nitrogens with one attached hydrogen (secondary N) is 3. The van der Waals surface area contributed by atoms with Crippen LogP contribution < -0.4 is 26.4 Å². The van der Waals surface area contributed by atoms with Crippen molar-refractivity contribution in [2.45, 2.75) is 31.3 Å². The van der Waals surface area contributed by atoms with Gasteiger partial charge in [0.25, 0.3) is 0 Å². The molecule has 0 bridgehead atoms. The molecule has 3 aromatic carbocycles. The molecule has 0 aliphatic rings. The fraction of sp³-hybridized carbons (Fsp3) is 0.207. The van der Waals surface area contributed by atoms with Gasteiger partial charge in [-0.25, -0.2) is 13.4 Å². The molecule has 1 heterocycles. The van der Waals surface area contributed by atoms with Crippen LogP contribution in [0, 0.1) is 0 Å². The average Bonchev–Trinajstić information content (AvgIpc) is 2.94. The highest BCUT2D eigenvalue weighted by Crippen LogP contribution is 2.28. The van der Waals surface area contributed by atoms with Gasteiger partial charge in [-0.3, -0.25) is 9.59 Å². The number of hydrogen-bond acceptors (Lipinski definition) is 8. The minimum atomic E-state index is -3.59. The Balaban J connectivity index is 1.67. The van der Waals surface area contributed by atoms with Gasteiger partial charge in [0.2, 0.25) is 11.8 Å². The molecule has 0 saturated carbocycles. The SMILES string of the molecule is CCS(=O)(=O)c1ccc(NC(C)=O)cc1CNC(=O)C(Nc1ccc2c(N)nccc2c1)c1cccc(OC)c1. The molecule has 1 unspecified atom stereocenters. The van der Waals surface area contributed by atoms with E-state index in [1.54, 1.807) is 50.6 Å². The molecule has 1 atom stereocenters. The van der Waals surface area contributed by atoms with Crippen LogP contribution in [0.5, 0.6) is 5.75 Å².